The maximum atomic E-state index is 11.1. The van der Waals surface area contributed by atoms with Crippen molar-refractivity contribution in [1.82, 2.24) is 4.98 Å². The standard InChI is InChI=1S/C10H8BrNO2/c1-14-10-6-2-5-9(13)12-8(6)4-3-7(10)11/h2-5H,1H3,(H,12,13). The Morgan fingerprint density at radius 3 is 2.79 bits per heavy atom. The van der Waals surface area contributed by atoms with Crippen molar-refractivity contribution in [3.63, 3.8) is 0 Å². The highest BCUT2D eigenvalue weighted by atomic mass is 79.9. The fourth-order valence-corrected chi connectivity index (χ4v) is 1.90. The largest absolute Gasteiger partial charge is 0.495 e. The summed E-state index contributed by atoms with van der Waals surface area (Å²) in [6, 6.07) is 6.91. The van der Waals surface area contributed by atoms with Crippen LogP contribution in [0.4, 0.5) is 0 Å². The Kier molecular flexibility index (Phi) is 2.29. The van der Waals surface area contributed by atoms with Crippen LogP contribution in [0, 0.1) is 0 Å². The highest BCUT2D eigenvalue weighted by molar-refractivity contribution is 9.10. The van der Waals surface area contributed by atoms with Crippen molar-refractivity contribution in [2.24, 2.45) is 0 Å². The number of hydrogen-bond acceptors (Lipinski definition) is 2. The van der Waals surface area contributed by atoms with Gasteiger partial charge in [0, 0.05) is 11.5 Å². The number of ether oxygens (including phenoxy) is 1. The second-order valence-electron chi connectivity index (χ2n) is 2.86. The topological polar surface area (TPSA) is 42.1 Å². The molecule has 0 aliphatic rings. The molecule has 2 aromatic rings. The van der Waals surface area contributed by atoms with E-state index in [1.807, 2.05) is 12.1 Å². The Balaban J connectivity index is 2.88. The van der Waals surface area contributed by atoms with Gasteiger partial charge in [-0.1, -0.05) is 0 Å². The molecule has 0 fully saturated rings. The van der Waals surface area contributed by atoms with Crippen LogP contribution in [0.15, 0.2) is 33.5 Å². The summed E-state index contributed by atoms with van der Waals surface area (Å²) in [6.07, 6.45) is 0. The van der Waals surface area contributed by atoms with Crippen LogP contribution in [-0.4, -0.2) is 12.1 Å². The number of halogens is 1. The summed E-state index contributed by atoms with van der Waals surface area (Å²) in [4.78, 5) is 13.8. The number of nitrogens with one attached hydrogen (secondary N) is 1. The Morgan fingerprint density at radius 1 is 1.29 bits per heavy atom. The number of pyridine rings is 1. The van der Waals surface area contributed by atoms with Crippen LogP contribution in [0.2, 0.25) is 0 Å². The molecule has 0 aliphatic carbocycles. The first kappa shape index (κ1) is 9.27. The van der Waals surface area contributed by atoms with Crippen LogP contribution in [-0.2, 0) is 0 Å². The van der Waals surface area contributed by atoms with E-state index < -0.39 is 0 Å². The fraction of sp³-hybridized carbons (Fsp3) is 0.100. The number of H-pyrrole nitrogens is 1. The van der Waals surface area contributed by atoms with E-state index in [1.165, 1.54) is 6.07 Å². The van der Waals surface area contributed by atoms with Gasteiger partial charge in [0.25, 0.3) is 0 Å². The molecule has 0 bridgehead atoms. The van der Waals surface area contributed by atoms with Gasteiger partial charge in [0.1, 0.15) is 5.75 Å². The molecule has 1 heterocycles. The summed E-state index contributed by atoms with van der Waals surface area (Å²) in [5, 5.41) is 0.890. The van der Waals surface area contributed by atoms with Gasteiger partial charge >= 0.3 is 0 Å². The molecule has 0 spiro atoms. The minimum absolute atomic E-state index is 0.109. The van der Waals surface area contributed by atoms with Gasteiger partial charge < -0.3 is 9.72 Å². The average molecular weight is 254 g/mol. The summed E-state index contributed by atoms with van der Waals surface area (Å²) in [7, 11) is 1.60. The lowest BCUT2D eigenvalue weighted by atomic mass is 10.2. The molecule has 2 rings (SSSR count). The van der Waals surface area contributed by atoms with Gasteiger partial charge in [0.2, 0.25) is 5.56 Å². The lowest BCUT2D eigenvalue weighted by Gasteiger charge is -2.06. The highest BCUT2D eigenvalue weighted by Gasteiger charge is 2.05. The molecule has 0 amide bonds. The summed E-state index contributed by atoms with van der Waals surface area (Å²) in [5.74, 6) is 0.735. The molecular weight excluding hydrogens is 246 g/mol. The normalized spacial score (nSPS) is 10.4. The minimum Gasteiger partial charge on any atom is -0.495 e. The van der Waals surface area contributed by atoms with Gasteiger partial charge in [-0.25, -0.2) is 0 Å². The number of aromatic amines is 1. The van der Waals surface area contributed by atoms with Crippen LogP contribution in [0.3, 0.4) is 0 Å². The molecular formula is C10H8BrNO2. The van der Waals surface area contributed by atoms with Crippen molar-refractivity contribution < 1.29 is 4.74 Å². The van der Waals surface area contributed by atoms with Crippen molar-refractivity contribution in [2.75, 3.05) is 7.11 Å². The maximum absolute atomic E-state index is 11.1. The van der Waals surface area contributed by atoms with Crippen molar-refractivity contribution >= 4 is 26.8 Å². The minimum atomic E-state index is -0.109. The van der Waals surface area contributed by atoms with Crippen LogP contribution >= 0.6 is 15.9 Å². The third-order valence-corrected chi connectivity index (χ3v) is 2.64. The molecule has 0 saturated carbocycles. The average Bonchev–Trinajstić information content (AvgIpc) is 2.18. The zero-order chi connectivity index (χ0) is 10.1. The van der Waals surface area contributed by atoms with E-state index in [4.69, 9.17) is 4.74 Å². The first-order chi connectivity index (χ1) is 6.72. The summed E-state index contributed by atoms with van der Waals surface area (Å²) < 4.78 is 6.10. The van der Waals surface area contributed by atoms with E-state index in [0.717, 1.165) is 21.1 Å². The van der Waals surface area contributed by atoms with Crippen LogP contribution in [0.25, 0.3) is 10.9 Å². The third-order valence-electron chi connectivity index (χ3n) is 2.01. The molecule has 1 aromatic carbocycles. The molecule has 0 radical (unpaired) electrons. The van der Waals surface area contributed by atoms with Gasteiger partial charge in [0.15, 0.2) is 0 Å². The number of hydrogen-bond donors (Lipinski definition) is 1. The summed E-state index contributed by atoms with van der Waals surface area (Å²) >= 11 is 3.38. The summed E-state index contributed by atoms with van der Waals surface area (Å²) in [5.41, 5.74) is 0.666. The smallest absolute Gasteiger partial charge is 0.248 e. The van der Waals surface area contributed by atoms with Crippen molar-refractivity contribution in [3.05, 3.63) is 39.1 Å². The molecule has 72 valence electrons. The van der Waals surface area contributed by atoms with Gasteiger partial charge in [-0.05, 0) is 34.1 Å². The number of fused-ring (bicyclic) bond motifs is 1. The van der Waals surface area contributed by atoms with E-state index in [9.17, 15) is 4.79 Å². The Labute approximate surface area is 88.8 Å². The van der Waals surface area contributed by atoms with Crippen molar-refractivity contribution in [2.45, 2.75) is 0 Å². The van der Waals surface area contributed by atoms with E-state index >= 15 is 0 Å². The van der Waals surface area contributed by atoms with E-state index in [1.54, 1.807) is 13.2 Å². The Morgan fingerprint density at radius 2 is 2.07 bits per heavy atom. The lowest BCUT2D eigenvalue weighted by molar-refractivity contribution is 0.417. The number of aromatic nitrogens is 1. The quantitative estimate of drug-likeness (QED) is 0.848. The molecule has 1 aromatic heterocycles. The molecule has 14 heavy (non-hydrogen) atoms. The Hall–Kier alpha value is -1.29. The van der Waals surface area contributed by atoms with Crippen molar-refractivity contribution in [1.29, 1.82) is 0 Å². The predicted molar refractivity (Wildman–Crippen MR) is 58.8 cm³/mol. The van der Waals surface area contributed by atoms with Gasteiger partial charge in [0.05, 0.1) is 17.1 Å². The molecule has 0 unspecified atom stereocenters. The van der Waals surface area contributed by atoms with Crippen molar-refractivity contribution in [3.8, 4) is 5.75 Å². The second kappa shape index (κ2) is 3.46. The second-order valence-corrected chi connectivity index (χ2v) is 3.72. The number of benzene rings is 1. The van der Waals surface area contributed by atoms with Crippen LogP contribution < -0.4 is 10.3 Å². The van der Waals surface area contributed by atoms with E-state index in [2.05, 4.69) is 20.9 Å². The third kappa shape index (κ3) is 1.42. The van der Waals surface area contributed by atoms with Gasteiger partial charge in [-0.2, -0.15) is 0 Å². The fourth-order valence-electron chi connectivity index (χ4n) is 1.39. The monoisotopic (exact) mass is 253 g/mol. The zero-order valence-corrected chi connectivity index (χ0v) is 9.09. The molecule has 0 atom stereocenters. The lowest BCUT2D eigenvalue weighted by Crippen LogP contribution is -2.02. The molecule has 0 aliphatic heterocycles. The van der Waals surface area contributed by atoms with Gasteiger partial charge in [-0.15, -0.1) is 0 Å². The van der Waals surface area contributed by atoms with Gasteiger partial charge in [-0.3, -0.25) is 4.79 Å². The predicted octanol–water partition coefficient (Wildman–Crippen LogP) is 2.30. The number of rotatable bonds is 1. The molecule has 4 heteroatoms. The van der Waals surface area contributed by atoms with Crippen LogP contribution in [0.1, 0.15) is 0 Å². The molecule has 1 N–H and O–H groups in total. The first-order valence-corrected chi connectivity index (χ1v) is 4.87. The number of methoxy groups -OCH3 is 1. The maximum Gasteiger partial charge on any atom is 0.248 e. The molecule has 3 nitrogen and oxygen atoms in total. The van der Waals surface area contributed by atoms with E-state index in [-0.39, 0.29) is 5.56 Å². The van der Waals surface area contributed by atoms with Crippen LogP contribution in [0.5, 0.6) is 5.75 Å². The first-order valence-electron chi connectivity index (χ1n) is 4.08. The Bertz CT molecular complexity index is 533. The van der Waals surface area contributed by atoms with E-state index in [0.29, 0.717) is 0 Å². The zero-order valence-electron chi connectivity index (χ0n) is 7.50. The highest BCUT2D eigenvalue weighted by Crippen LogP contribution is 2.31. The SMILES string of the molecule is COc1c(Br)ccc2[nH]c(=O)ccc12. The molecule has 0 saturated heterocycles. The summed E-state index contributed by atoms with van der Waals surface area (Å²) in [6.45, 7) is 0.